The quantitative estimate of drug-likeness (QED) is 0.748. The Morgan fingerprint density at radius 2 is 1.96 bits per heavy atom. The van der Waals surface area contributed by atoms with E-state index in [0.29, 0.717) is 30.2 Å². The largest absolute Gasteiger partial charge is 0.323 e. The van der Waals surface area contributed by atoms with Gasteiger partial charge >= 0.3 is 0 Å². The van der Waals surface area contributed by atoms with E-state index in [1.165, 1.54) is 29.5 Å². The molecule has 0 saturated heterocycles. The molecule has 2 aromatic rings. The van der Waals surface area contributed by atoms with E-state index in [1.807, 2.05) is 5.38 Å². The van der Waals surface area contributed by atoms with Crippen molar-refractivity contribution in [3.8, 4) is 0 Å². The van der Waals surface area contributed by atoms with E-state index in [-0.39, 0.29) is 10.8 Å². The van der Waals surface area contributed by atoms with Crippen LogP contribution in [-0.2, 0) is 14.8 Å². The summed E-state index contributed by atoms with van der Waals surface area (Å²) in [5, 5.41) is 4.51. The molecule has 2 heterocycles. The van der Waals surface area contributed by atoms with Crippen molar-refractivity contribution in [3.05, 3.63) is 46.9 Å². The summed E-state index contributed by atoms with van der Waals surface area (Å²) >= 11 is 1.45. The zero-order chi connectivity index (χ0) is 19.1. The lowest BCUT2D eigenvalue weighted by molar-refractivity contribution is -0.111. The van der Waals surface area contributed by atoms with Gasteiger partial charge in [0.15, 0.2) is 0 Å². The molecule has 0 fully saturated rings. The lowest BCUT2D eigenvalue weighted by Crippen LogP contribution is -2.30. The molecule has 7 nitrogen and oxygen atoms in total. The fourth-order valence-corrected chi connectivity index (χ4v) is 4.15. The highest BCUT2D eigenvalue weighted by molar-refractivity contribution is 7.90. The van der Waals surface area contributed by atoms with Crippen LogP contribution in [0.2, 0.25) is 0 Å². The molecule has 0 aliphatic carbocycles. The molecule has 27 heavy (non-hydrogen) atoms. The summed E-state index contributed by atoms with van der Waals surface area (Å²) in [6.07, 6.45) is 6.60. The van der Waals surface area contributed by atoms with Crippen molar-refractivity contribution in [2.45, 2.75) is 30.6 Å². The number of rotatable bonds is 5. The van der Waals surface area contributed by atoms with Gasteiger partial charge in [0.25, 0.3) is 10.0 Å². The second kappa shape index (κ2) is 8.92. The van der Waals surface area contributed by atoms with Crippen molar-refractivity contribution in [1.82, 2.24) is 9.71 Å². The number of nitrogens with one attached hydrogen (secondary N) is 2. The Morgan fingerprint density at radius 1 is 1.15 bits per heavy atom. The number of amides is 1. The third-order valence-electron chi connectivity index (χ3n) is 3.92. The number of amidine groups is 1. The van der Waals surface area contributed by atoms with E-state index >= 15 is 0 Å². The van der Waals surface area contributed by atoms with Crippen molar-refractivity contribution >= 4 is 44.9 Å². The molecule has 0 bridgehead atoms. The maximum atomic E-state index is 12.5. The highest BCUT2D eigenvalue weighted by Crippen LogP contribution is 2.15. The first-order chi connectivity index (χ1) is 13.0. The predicted octanol–water partition coefficient (Wildman–Crippen LogP) is 3.05. The Bertz CT molecular complexity index is 933. The monoisotopic (exact) mass is 404 g/mol. The summed E-state index contributed by atoms with van der Waals surface area (Å²) in [6, 6.07) is 6.02. The van der Waals surface area contributed by atoms with Crippen molar-refractivity contribution in [3.63, 3.8) is 0 Å². The van der Waals surface area contributed by atoms with E-state index < -0.39 is 10.0 Å². The minimum atomic E-state index is -3.68. The van der Waals surface area contributed by atoms with Crippen LogP contribution in [0.15, 0.2) is 51.1 Å². The lowest BCUT2D eigenvalue weighted by atomic mass is 10.2. The van der Waals surface area contributed by atoms with Crippen LogP contribution in [-0.4, -0.2) is 31.7 Å². The Labute approximate surface area is 162 Å². The van der Waals surface area contributed by atoms with Crippen LogP contribution in [0.1, 0.15) is 31.4 Å². The molecular formula is C18H20N4O3S2. The average Bonchev–Trinajstić information content (AvgIpc) is 3.04. The maximum Gasteiger partial charge on any atom is 0.262 e. The van der Waals surface area contributed by atoms with Crippen LogP contribution in [0.5, 0.6) is 0 Å². The van der Waals surface area contributed by atoms with Crippen LogP contribution in [0, 0.1) is 0 Å². The van der Waals surface area contributed by atoms with Gasteiger partial charge in [-0.2, -0.15) is 0 Å². The van der Waals surface area contributed by atoms with Crippen LogP contribution in [0.3, 0.4) is 0 Å². The van der Waals surface area contributed by atoms with Crippen LogP contribution < -0.4 is 10.0 Å². The summed E-state index contributed by atoms with van der Waals surface area (Å²) < 4.78 is 27.5. The number of anilines is 1. The number of aromatic nitrogens is 1. The fraction of sp³-hybridized carbons (Fsp3) is 0.278. The highest BCUT2D eigenvalue weighted by Gasteiger charge is 2.17. The lowest BCUT2D eigenvalue weighted by Gasteiger charge is -2.10. The molecule has 3 rings (SSSR count). The van der Waals surface area contributed by atoms with Gasteiger partial charge in [0, 0.05) is 30.1 Å². The molecule has 9 heteroatoms. The molecule has 1 aromatic heterocycles. The van der Waals surface area contributed by atoms with Gasteiger partial charge in [-0.25, -0.2) is 13.4 Å². The van der Waals surface area contributed by atoms with E-state index in [2.05, 4.69) is 20.0 Å². The minimum Gasteiger partial charge on any atom is -0.323 e. The van der Waals surface area contributed by atoms with Gasteiger partial charge in [-0.1, -0.05) is 6.42 Å². The molecule has 1 aliphatic heterocycles. The van der Waals surface area contributed by atoms with Gasteiger partial charge in [-0.05, 0) is 43.2 Å². The predicted molar refractivity (Wildman–Crippen MR) is 107 cm³/mol. The smallest absolute Gasteiger partial charge is 0.262 e. The van der Waals surface area contributed by atoms with E-state index in [1.54, 1.807) is 23.7 Å². The SMILES string of the molecule is O=C(/C=C/c1cscn1)Nc1ccc(S(=O)(=O)NC2=NCCCCC2)cc1. The number of aliphatic imine (C=N–C) groups is 1. The third-order valence-corrected chi connectivity index (χ3v) is 5.92. The summed E-state index contributed by atoms with van der Waals surface area (Å²) in [7, 11) is -3.68. The van der Waals surface area contributed by atoms with Crippen LogP contribution in [0.25, 0.3) is 6.08 Å². The van der Waals surface area contributed by atoms with Gasteiger partial charge in [0.1, 0.15) is 5.84 Å². The maximum absolute atomic E-state index is 12.5. The number of hydrogen-bond acceptors (Lipinski definition) is 6. The Balaban J connectivity index is 1.62. The molecule has 0 spiro atoms. The zero-order valence-electron chi connectivity index (χ0n) is 14.6. The van der Waals surface area contributed by atoms with E-state index in [9.17, 15) is 13.2 Å². The van der Waals surface area contributed by atoms with E-state index in [0.717, 1.165) is 19.3 Å². The molecule has 142 valence electrons. The van der Waals surface area contributed by atoms with Crippen molar-refractivity contribution in [1.29, 1.82) is 0 Å². The minimum absolute atomic E-state index is 0.130. The summed E-state index contributed by atoms with van der Waals surface area (Å²) in [4.78, 5) is 20.4. The van der Waals surface area contributed by atoms with Gasteiger partial charge < -0.3 is 5.32 Å². The van der Waals surface area contributed by atoms with Crippen molar-refractivity contribution in [2.24, 2.45) is 4.99 Å². The molecule has 1 aromatic carbocycles. The van der Waals surface area contributed by atoms with Crippen LogP contribution >= 0.6 is 11.3 Å². The zero-order valence-corrected chi connectivity index (χ0v) is 16.2. The molecule has 0 radical (unpaired) electrons. The van der Waals surface area contributed by atoms with Crippen LogP contribution in [0.4, 0.5) is 5.69 Å². The normalized spacial score (nSPS) is 15.2. The average molecular weight is 405 g/mol. The standard InChI is InChI=1S/C18H20N4O3S2/c23-18(10-7-15-12-26-13-20-15)21-14-5-8-16(9-6-14)27(24,25)22-17-4-2-1-3-11-19-17/h5-10,12-13H,1-4,11H2,(H,19,22)(H,21,23)/b10-7+. The number of nitrogens with zero attached hydrogens (tertiary/aromatic N) is 2. The number of carbonyl (C=O) groups excluding carboxylic acids is 1. The summed E-state index contributed by atoms with van der Waals surface area (Å²) in [6.45, 7) is 0.650. The number of sulfonamides is 1. The molecule has 0 unspecified atom stereocenters. The summed E-state index contributed by atoms with van der Waals surface area (Å²) in [5.41, 5.74) is 2.91. The van der Waals surface area contributed by atoms with Gasteiger partial charge in [-0.3, -0.25) is 14.5 Å². The number of hydrogen-bond donors (Lipinski definition) is 2. The van der Waals surface area contributed by atoms with Crippen molar-refractivity contribution < 1.29 is 13.2 Å². The van der Waals surface area contributed by atoms with Gasteiger partial charge in [0.05, 0.1) is 16.1 Å². The topological polar surface area (TPSA) is 101 Å². The highest BCUT2D eigenvalue weighted by atomic mass is 32.2. The van der Waals surface area contributed by atoms with Gasteiger partial charge in [-0.15, -0.1) is 11.3 Å². The Kier molecular flexibility index (Phi) is 6.36. The van der Waals surface area contributed by atoms with E-state index in [4.69, 9.17) is 0 Å². The van der Waals surface area contributed by atoms with Gasteiger partial charge in [0.2, 0.25) is 5.91 Å². The molecule has 1 aliphatic rings. The molecule has 0 atom stereocenters. The first-order valence-corrected chi connectivity index (χ1v) is 11.0. The summed E-state index contributed by atoms with van der Waals surface area (Å²) in [5.74, 6) is 0.196. The molecular weight excluding hydrogens is 384 g/mol. The molecule has 1 amide bonds. The molecule has 2 N–H and O–H groups in total. The number of carbonyl (C=O) groups is 1. The second-order valence-corrected chi connectivity index (χ2v) is 8.41. The first kappa shape index (κ1) is 19.2. The molecule has 0 saturated carbocycles. The Morgan fingerprint density at radius 3 is 2.70 bits per heavy atom. The third kappa shape index (κ3) is 5.73. The van der Waals surface area contributed by atoms with Crippen molar-refractivity contribution in [2.75, 3.05) is 11.9 Å². The number of benzene rings is 1. The second-order valence-electron chi connectivity index (χ2n) is 6.00. The Hall–Kier alpha value is -2.52. The fourth-order valence-electron chi connectivity index (χ4n) is 2.54. The number of thiazole rings is 1. The first-order valence-electron chi connectivity index (χ1n) is 8.56.